The van der Waals surface area contributed by atoms with Crippen molar-refractivity contribution in [3.05, 3.63) is 221 Å². The Morgan fingerprint density at radius 2 is 0.552 bits per heavy atom. The fourth-order valence-corrected chi connectivity index (χ4v) is 10.6. The van der Waals surface area contributed by atoms with E-state index in [-0.39, 0.29) is 41.3 Å². The zero-order valence-corrected chi connectivity index (χ0v) is 54.6. The summed E-state index contributed by atoms with van der Waals surface area (Å²) in [5.41, 5.74) is 15.1. The Balaban J connectivity index is 0.000000178. The lowest BCUT2D eigenvalue weighted by Gasteiger charge is -2.32. The molecule has 10 nitrogen and oxygen atoms in total. The first-order chi connectivity index (χ1) is 44.8. The van der Waals surface area contributed by atoms with Gasteiger partial charge in [-0.25, -0.2) is 19.9 Å². The molecule has 0 atom stereocenters. The minimum Gasteiger partial charge on any atom is -0.406 e. The second kappa shape index (κ2) is 28.2. The van der Waals surface area contributed by atoms with Gasteiger partial charge in [-0.15, -0.1) is 52.7 Å². The van der Waals surface area contributed by atoms with Crippen LogP contribution in [0.4, 0.5) is 52.7 Å². The number of ether oxygens (including phenoxy) is 4. The van der Waals surface area contributed by atoms with Crippen LogP contribution in [0.15, 0.2) is 186 Å². The number of halogens is 13. The summed E-state index contributed by atoms with van der Waals surface area (Å²) in [5.74, 6) is 0.0809. The van der Waals surface area contributed by atoms with Crippen molar-refractivity contribution in [2.75, 3.05) is 0 Å². The quantitative estimate of drug-likeness (QED) is 0.0867. The Hall–Kier alpha value is -9.26. The molecule has 11 rings (SSSR count). The fourth-order valence-electron chi connectivity index (χ4n) is 10.1. The molecule has 8 aromatic carbocycles. The number of nitrogens with zero attached hydrogens (tertiary/aromatic N) is 4. The average molecular weight is 1400 g/mol. The van der Waals surface area contributed by atoms with Crippen LogP contribution in [0.5, 0.6) is 23.0 Å². The molecule has 1 aliphatic heterocycles. The zero-order chi connectivity index (χ0) is 69.9. The second-order valence-corrected chi connectivity index (χ2v) is 24.2. The van der Waals surface area contributed by atoms with Crippen LogP contribution in [-0.2, 0) is 9.31 Å². The first kappa shape index (κ1) is 71.0. The van der Waals surface area contributed by atoms with Crippen LogP contribution >= 0.6 is 15.9 Å². The van der Waals surface area contributed by atoms with Crippen LogP contribution in [0.2, 0.25) is 0 Å². The van der Waals surface area contributed by atoms with E-state index in [9.17, 15) is 52.7 Å². The SMILES string of the molecule is Cc1nc(C)c(C)c(-c2ccc(-c3cc(-c4ccc(OC(F)(F)F)cc4)cc(-c4ccc(OC(F)(F)F)cc4)c3)cc2)n1.Cc1nc(C)c(C)c(-c2ccc(B3OC(C)(C)C(C)(C)O3)cc2)n1.FC(F)(F)Oc1ccc(-c2cc(Br)cc(-c3ccc(OC(F)(F)F)cc3)c2)cc1. The maximum atomic E-state index is 12.7. The summed E-state index contributed by atoms with van der Waals surface area (Å²) in [6.45, 7) is 20.0. The van der Waals surface area contributed by atoms with E-state index in [0.29, 0.717) is 54.8 Å². The van der Waals surface area contributed by atoms with Crippen molar-refractivity contribution in [2.24, 2.45) is 0 Å². The van der Waals surface area contributed by atoms with Crippen molar-refractivity contribution in [3.63, 3.8) is 0 Å². The molecule has 0 amide bonds. The van der Waals surface area contributed by atoms with E-state index in [1.165, 1.54) is 97.1 Å². The zero-order valence-electron chi connectivity index (χ0n) is 53.0. The van der Waals surface area contributed by atoms with Gasteiger partial charge in [0.2, 0.25) is 0 Å². The van der Waals surface area contributed by atoms with E-state index in [1.54, 1.807) is 18.2 Å². The van der Waals surface area contributed by atoms with E-state index < -0.39 is 25.4 Å². The molecule has 0 aliphatic carbocycles. The second-order valence-electron chi connectivity index (χ2n) is 23.3. The van der Waals surface area contributed by atoms with Crippen LogP contribution in [-0.4, -0.2) is 63.7 Å². The molecule has 0 spiro atoms. The average Bonchev–Trinajstić information content (AvgIpc) is 1.52. The van der Waals surface area contributed by atoms with Crippen molar-refractivity contribution in [1.82, 2.24) is 19.9 Å². The highest BCUT2D eigenvalue weighted by atomic mass is 79.9. The van der Waals surface area contributed by atoms with Gasteiger partial charge in [-0.1, -0.05) is 113 Å². The van der Waals surface area contributed by atoms with Crippen molar-refractivity contribution < 1.29 is 80.9 Å². The molecule has 10 aromatic rings. The Labute approximate surface area is 554 Å². The first-order valence-electron chi connectivity index (χ1n) is 29.4. The van der Waals surface area contributed by atoms with Crippen LogP contribution < -0.4 is 24.4 Å². The third kappa shape index (κ3) is 18.8. The third-order valence-corrected chi connectivity index (χ3v) is 16.2. The molecule has 24 heteroatoms. The van der Waals surface area contributed by atoms with Gasteiger partial charge in [0.15, 0.2) is 0 Å². The number of hydrogen-bond donors (Lipinski definition) is 0. The number of benzene rings is 8. The molecule has 3 heterocycles. The van der Waals surface area contributed by atoms with Gasteiger partial charge in [0.25, 0.3) is 0 Å². The molecule has 1 saturated heterocycles. The highest BCUT2D eigenvalue weighted by Crippen LogP contribution is 2.40. The van der Waals surface area contributed by atoms with Gasteiger partial charge in [-0.3, -0.25) is 0 Å². The minimum absolute atomic E-state index is 0.326. The van der Waals surface area contributed by atoms with Crippen LogP contribution in [0.25, 0.3) is 78.1 Å². The highest BCUT2D eigenvalue weighted by Gasteiger charge is 2.51. The predicted octanol–water partition coefficient (Wildman–Crippen LogP) is 20.8. The van der Waals surface area contributed by atoms with Crippen molar-refractivity contribution in [2.45, 2.75) is 106 Å². The number of alkyl halides is 12. The van der Waals surface area contributed by atoms with Gasteiger partial charge in [-0.05, 0) is 226 Å². The molecule has 96 heavy (non-hydrogen) atoms. The Bertz CT molecular complexity index is 4190. The van der Waals surface area contributed by atoms with Crippen LogP contribution in [0.3, 0.4) is 0 Å². The summed E-state index contributed by atoms with van der Waals surface area (Å²) in [4.78, 5) is 18.0. The fraction of sp³-hybridized carbons (Fsp3) is 0.222. The maximum absolute atomic E-state index is 12.7. The number of aromatic nitrogens is 4. The number of rotatable bonds is 12. The van der Waals surface area contributed by atoms with Gasteiger partial charge in [-0.2, -0.15) is 0 Å². The lowest BCUT2D eigenvalue weighted by atomic mass is 9.78. The molecule has 2 aromatic heterocycles. The van der Waals surface area contributed by atoms with Crippen molar-refractivity contribution >= 4 is 28.5 Å². The van der Waals surface area contributed by atoms with Crippen molar-refractivity contribution in [1.29, 1.82) is 0 Å². The topological polar surface area (TPSA) is 107 Å². The smallest absolute Gasteiger partial charge is 0.406 e. The monoisotopic (exact) mass is 1390 g/mol. The minimum atomic E-state index is -4.82. The van der Waals surface area contributed by atoms with Gasteiger partial charge >= 0.3 is 32.6 Å². The van der Waals surface area contributed by atoms with E-state index in [0.717, 1.165) is 67.4 Å². The van der Waals surface area contributed by atoms with E-state index in [1.807, 2.05) is 77.1 Å². The summed E-state index contributed by atoms with van der Waals surface area (Å²) >= 11 is 3.37. The van der Waals surface area contributed by atoms with E-state index in [2.05, 4.69) is 114 Å². The van der Waals surface area contributed by atoms with Crippen molar-refractivity contribution in [3.8, 4) is 101 Å². The van der Waals surface area contributed by atoms with Crippen LogP contribution in [0.1, 0.15) is 61.9 Å². The summed E-state index contributed by atoms with van der Waals surface area (Å²) < 4.78 is 178. The van der Waals surface area contributed by atoms with Gasteiger partial charge < -0.3 is 28.3 Å². The Kier molecular flexibility index (Phi) is 20.9. The molecule has 0 saturated carbocycles. The molecule has 0 unspecified atom stereocenters. The summed E-state index contributed by atoms with van der Waals surface area (Å²) in [5, 5.41) is 0. The number of aryl methyl sites for hydroxylation is 4. The van der Waals surface area contributed by atoms with Gasteiger partial charge in [0.1, 0.15) is 34.6 Å². The standard InChI is InChI=1S/C33H24F6N2O2.C20H11BrF6O2.C19H25BN2O2/c1-19-20(2)40-21(3)41-31(19)25-6-4-22(5-7-25)26-16-27(23-8-12-29(13-9-23)42-32(34,35)36)18-28(17-26)24-10-14-30(15-11-24)43-33(37,38)39;21-16-10-14(12-1-5-17(6-2-12)28-19(22,23)24)9-15(11-16)13-3-7-18(8-4-13)29-20(25,26)27;1-12-13(2)21-14(3)22-17(12)15-8-10-16(11-9-15)20-23-18(4,5)19(6,7)24-20/h4-18H,1-3H3;1-11H;8-11H,1-7H3. The molecule has 1 fully saturated rings. The van der Waals surface area contributed by atoms with Gasteiger partial charge in [0, 0.05) is 27.0 Å². The summed E-state index contributed by atoms with van der Waals surface area (Å²) in [7, 11) is -0.334. The first-order valence-corrected chi connectivity index (χ1v) is 30.2. The molecular formula is C72H60BBrF12N4O6. The van der Waals surface area contributed by atoms with Crippen LogP contribution in [0, 0.1) is 41.5 Å². The Morgan fingerprint density at radius 1 is 0.323 bits per heavy atom. The highest BCUT2D eigenvalue weighted by molar-refractivity contribution is 9.10. The summed E-state index contributed by atoms with van der Waals surface area (Å²) in [6.07, 6.45) is -19.2. The molecule has 0 N–H and O–H groups in total. The summed E-state index contributed by atoms with van der Waals surface area (Å²) in [6, 6.07) is 48.6. The molecule has 1 aliphatic rings. The molecule has 0 radical (unpaired) electrons. The molecule has 498 valence electrons. The molecular weight excluding hydrogens is 1340 g/mol. The van der Waals surface area contributed by atoms with E-state index in [4.69, 9.17) is 9.31 Å². The lowest BCUT2D eigenvalue weighted by molar-refractivity contribution is -0.275. The number of hydrogen-bond acceptors (Lipinski definition) is 10. The predicted molar refractivity (Wildman–Crippen MR) is 347 cm³/mol. The van der Waals surface area contributed by atoms with E-state index >= 15 is 0 Å². The normalized spacial score (nSPS) is 13.6. The Morgan fingerprint density at radius 3 is 0.812 bits per heavy atom. The largest absolute Gasteiger partial charge is 0.573 e. The molecule has 0 bridgehead atoms. The van der Waals surface area contributed by atoms with Gasteiger partial charge in [0.05, 0.1) is 22.6 Å². The maximum Gasteiger partial charge on any atom is 0.573 e. The lowest BCUT2D eigenvalue weighted by Crippen LogP contribution is -2.41. The third-order valence-electron chi connectivity index (χ3n) is 15.7.